The van der Waals surface area contributed by atoms with E-state index in [2.05, 4.69) is 11.0 Å². The summed E-state index contributed by atoms with van der Waals surface area (Å²) in [6.07, 6.45) is 6.59. The molecule has 2 aromatic rings. The number of ether oxygens (including phenoxy) is 1. The molecule has 226 valence electrons. The number of ketones is 1. The third kappa shape index (κ3) is 6.78. The first-order valence-corrected chi connectivity index (χ1v) is 16.0. The number of carbonyl (C=O) groups is 3. The van der Waals surface area contributed by atoms with Crippen LogP contribution in [0.4, 0.5) is 4.79 Å². The van der Waals surface area contributed by atoms with Gasteiger partial charge in [0.15, 0.2) is 5.78 Å². The van der Waals surface area contributed by atoms with E-state index in [1.54, 1.807) is 0 Å². The predicted octanol–water partition coefficient (Wildman–Crippen LogP) is 5.27. The third-order valence-corrected chi connectivity index (χ3v) is 10.2. The van der Waals surface area contributed by atoms with E-state index in [0.29, 0.717) is 37.7 Å². The number of hydrogen-bond acceptors (Lipinski definition) is 6. The summed E-state index contributed by atoms with van der Waals surface area (Å²) in [6.45, 7) is 5.29. The zero-order chi connectivity index (χ0) is 29.8. The Morgan fingerprint density at radius 3 is 2.19 bits per heavy atom. The normalized spacial score (nSPS) is 24.5. The summed E-state index contributed by atoms with van der Waals surface area (Å²) >= 11 is 0. The monoisotopic (exact) mass is 582 g/mol. The van der Waals surface area contributed by atoms with Gasteiger partial charge in [-0.1, -0.05) is 42.5 Å². The second kappa shape index (κ2) is 12.9. The highest BCUT2D eigenvalue weighted by atomic mass is 16.6. The summed E-state index contributed by atoms with van der Waals surface area (Å²) in [4.78, 5) is 45.3. The average Bonchev–Trinajstić information content (AvgIpc) is 3.36. The molecular weight excluding hydrogens is 540 g/mol. The molecule has 0 aromatic heterocycles. The van der Waals surface area contributed by atoms with Gasteiger partial charge in [0.1, 0.15) is 5.60 Å². The molecule has 0 atom stereocenters. The SMILES string of the molecule is N#Cc1ccc(CN2CCC3(CC2)CN(CC2CCC(C(=O)N4CCC(C(=O)c5ccccc5)CC4)CC2)C(=O)O3)cc1. The molecule has 0 radical (unpaired) electrons. The second-order valence-electron chi connectivity index (χ2n) is 13.1. The summed E-state index contributed by atoms with van der Waals surface area (Å²) < 4.78 is 6.00. The van der Waals surface area contributed by atoms with Crippen LogP contribution in [0.15, 0.2) is 54.6 Å². The summed E-state index contributed by atoms with van der Waals surface area (Å²) in [5.41, 5.74) is 2.24. The minimum absolute atomic E-state index is 0.000446. The van der Waals surface area contributed by atoms with Crippen LogP contribution in [-0.2, 0) is 16.1 Å². The van der Waals surface area contributed by atoms with Gasteiger partial charge in [0.05, 0.1) is 18.2 Å². The van der Waals surface area contributed by atoms with Gasteiger partial charge in [-0.15, -0.1) is 0 Å². The first kappa shape index (κ1) is 29.4. The molecule has 1 aliphatic carbocycles. The molecule has 2 amide bonds. The van der Waals surface area contributed by atoms with Crippen molar-refractivity contribution in [2.45, 2.75) is 63.5 Å². The lowest BCUT2D eigenvalue weighted by Crippen LogP contribution is -2.47. The highest BCUT2D eigenvalue weighted by molar-refractivity contribution is 5.98. The molecule has 4 fully saturated rings. The molecule has 4 aliphatic rings. The number of piperidine rings is 2. The van der Waals surface area contributed by atoms with Crippen LogP contribution in [0.1, 0.15) is 72.9 Å². The number of rotatable bonds is 7. The van der Waals surface area contributed by atoms with E-state index in [0.717, 1.165) is 76.6 Å². The smallest absolute Gasteiger partial charge is 0.410 e. The van der Waals surface area contributed by atoms with Gasteiger partial charge in [0, 0.05) is 69.5 Å². The molecule has 8 nitrogen and oxygen atoms in total. The molecule has 0 unspecified atom stereocenters. The minimum atomic E-state index is -0.389. The Balaban J connectivity index is 0.919. The van der Waals surface area contributed by atoms with Gasteiger partial charge in [-0.05, 0) is 62.1 Å². The first-order valence-electron chi connectivity index (χ1n) is 16.0. The zero-order valence-electron chi connectivity index (χ0n) is 25.0. The van der Waals surface area contributed by atoms with Crippen molar-refractivity contribution in [3.05, 3.63) is 71.3 Å². The Hall–Kier alpha value is -3.70. The molecule has 6 rings (SSSR count). The average molecular weight is 583 g/mol. The molecule has 3 aliphatic heterocycles. The van der Waals surface area contributed by atoms with E-state index in [1.165, 1.54) is 5.56 Å². The standard InChI is InChI=1S/C35H42N4O4/c36-22-26-6-8-27(9-7-26)23-37-20-16-35(17-21-37)25-39(34(42)43-35)24-28-10-12-31(13-11-28)33(41)38-18-14-30(15-19-38)32(40)29-4-2-1-3-5-29/h1-9,28,30-31H,10-21,23-25H2. The minimum Gasteiger partial charge on any atom is -0.441 e. The van der Waals surface area contributed by atoms with Gasteiger partial charge < -0.3 is 14.5 Å². The van der Waals surface area contributed by atoms with E-state index >= 15 is 0 Å². The second-order valence-corrected chi connectivity index (χ2v) is 13.1. The summed E-state index contributed by atoms with van der Waals surface area (Å²) in [5.74, 6) is 0.897. The van der Waals surface area contributed by atoms with E-state index in [1.807, 2.05) is 64.4 Å². The molecule has 0 N–H and O–H groups in total. The maximum absolute atomic E-state index is 13.3. The van der Waals surface area contributed by atoms with Crippen molar-refractivity contribution in [3.63, 3.8) is 0 Å². The summed E-state index contributed by atoms with van der Waals surface area (Å²) in [5, 5.41) is 9.02. The topological polar surface area (TPSA) is 94.0 Å². The largest absolute Gasteiger partial charge is 0.441 e. The highest BCUT2D eigenvalue weighted by Gasteiger charge is 2.47. The molecule has 1 saturated carbocycles. The quantitative estimate of drug-likeness (QED) is 0.413. The van der Waals surface area contributed by atoms with Crippen molar-refractivity contribution >= 4 is 17.8 Å². The van der Waals surface area contributed by atoms with E-state index in [4.69, 9.17) is 10.00 Å². The van der Waals surface area contributed by atoms with Gasteiger partial charge in [0.2, 0.25) is 5.91 Å². The van der Waals surface area contributed by atoms with Gasteiger partial charge in [-0.25, -0.2) is 4.79 Å². The molecule has 3 heterocycles. The van der Waals surface area contributed by atoms with Crippen LogP contribution >= 0.6 is 0 Å². The Kier molecular flexibility index (Phi) is 8.80. The van der Waals surface area contributed by atoms with Gasteiger partial charge in [0.25, 0.3) is 0 Å². The summed E-state index contributed by atoms with van der Waals surface area (Å²) in [7, 11) is 0. The van der Waals surface area contributed by atoms with Crippen molar-refractivity contribution in [2.24, 2.45) is 17.8 Å². The maximum atomic E-state index is 13.3. The number of hydrogen-bond donors (Lipinski definition) is 0. The van der Waals surface area contributed by atoms with Crippen LogP contribution in [0.25, 0.3) is 0 Å². The van der Waals surface area contributed by atoms with Crippen LogP contribution in [0.2, 0.25) is 0 Å². The lowest BCUT2D eigenvalue weighted by molar-refractivity contribution is -0.138. The molecule has 3 saturated heterocycles. The number of nitriles is 1. The number of Topliss-reactive ketones (excluding diaryl/α,β-unsaturated/α-hetero) is 1. The van der Waals surface area contributed by atoms with Gasteiger partial charge in [-0.2, -0.15) is 5.26 Å². The Labute approximate surface area is 254 Å². The van der Waals surface area contributed by atoms with Crippen LogP contribution in [-0.4, -0.2) is 77.4 Å². The van der Waals surface area contributed by atoms with E-state index in [-0.39, 0.29) is 35.2 Å². The molecule has 8 heteroatoms. The molecular formula is C35H42N4O4. The van der Waals surface area contributed by atoms with Crippen LogP contribution in [0, 0.1) is 29.1 Å². The Bertz CT molecular complexity index is 1330. The number of nitrogens with zero attached hydrogens (tertiary/aromatic N) is 4. The van der Waals surface area contributed by atoms with Crippen molar-refractivity contribution in [1.82, 2.24) is 14.7 Å². The summed E-state index contributed by atoms with van der Waals surface area (Å²) in [6, 6.07) is 19.4. The fourth-order valence-corrected chi connectivity index (χ4v) is 7.52. The number of likely N-dealkylation sites (tertiary alicyclic amines) is 2. The van der Waals surface area contributed by atoms with Gasteiger partial charge >= 0.3 is 6.09 Å². The highest BCUT2D eigenvalue weighted by Crippen LogP contribution is 2.37. The van der Waals surface area contributed by atoms with E-state index < -0.39 is 0 Å². The first-order chi connectivity index (χ1) is 20.9. The van der Waals surface area contributed by atoms with Crippen LogP contribution in [0.5, 0.6) is 0 Å². The molecule has 43 heavy (non-hydrogen) atoms. The van der Waals surface area contributed by atoms with E-state index in [9.17, 15) is 14.4 Å². The number of amides is 2. The third-order valence-electron chi connectivity index (χ3n) is 10.2. The van der Waals surface area contributed by atoms with Crippen molar-refractivity contribution in [2.75, 3.05) is 39.3 Å². The fourth-order valence-electron chi connectivity index (χ4n) is 7.52. The predicted molar refractivity (Wildman–Crippen MR) is 162 cm³/mol. The molecule has 0 bridgehead atoms. The maximum Gasteiger partial charge on any atom is 0.410 e. The van der Waals surface area contributed by atoms with Gasteiger partial charge in [-0.3, -0.25) is 14.5 Å². The van der Waals surface area contributed by atoms with Crippen molar-refractivity contribution in [3.8, 4) is 6.07 Å². The van der Waals surface area contributed by atoms with Crippen molar-refractivity contribution in [1.29, 1.82) is 5.26 Å². The van der Waals surface area contributed by atoms with Crippen LogP contribution in [0.3, 0.4) is 0 Å². The Morgan fingerprint density at radius 2 is 1.53 bits per heavy atom. The molecule has 2 aromatic carbocycles. The molecule has 1 spiro atoms. The van der Waals surface area contributed by atoms with Crippen molar-refractivity contribution < 1.29 is 19.1 Å². The van der Waals surface area contributed by atoms with Crippen LogP contribution < -0.4 is 0 Å². The Morgan fingerprint density at radius 1 is 0.860 bits per heavy atom. The lowest BCUT2D eigenvalue weighted by atomic mass is 9.80. The number of benzene rings is 2. The number of carbonyl (C=O) groups excluding carboxylic acids is 3. The lowest BCUT2D eigenvalue weighted by Gasteiger charge is -2.38. The fraction of sp³-hybridized carbons (Fsp3) is 0.543. The zero-order valence-corrected chi connectivity index (χ0v) is 25.0.